The Bertz CT molecular complexity index is 983. The van der Waals surface area contributed by atoms with Gasteiger partial charge in [0.15, 0.2) is 0 Å². The van der Waals surface area contributed by atoms with Crippen molar-refractivity contribution in [2.45, 2.75) is 116 Å². The summed E-state index contributed by atoms with van der Waals surface area (Å²) < 4.78 is 66.2. The van der Waals surface area contributed by atoms with Crippen molar-refractivity contribution in [3.05, 3.63) is 35.4 Å². The molecule has 2 heterocycles. The maximum absolute atomic E-state index is 15.5. The molecule has 9 heteroatoms. The second kappa shape index (κ2) is 14.5. The molecule has 2 aliphatic carbocycles. The van der Waals surface area contributed by atoms with Gasteiger partial charge in [0.05, 0.1) is 30.4 Å². The molecular formula is C30H43F4N3O2. The lowest BCUT2D eigenvalue weighted by Gasteiger charge is -2.35. The standard InChI is InChI=1S/C30H43F4N3O2/c1-2-3-4-5-7-10-19-38-26-21-23-15-16-24(30(33,34)27(23)28(31)36-26)25-17-18-37(29(32)35-25)39-20-11-8-6-9-12-22-13-14-22/h17-18,21-22,24,29H,2-16,19-20H2,1H3. The van der Waals surface area contributed by atoms with Crippen molar-refractivity contribution >= 4 is 5.71 Å². The zero-order chi connectivity index (χ0) is 27.7. The fourth-order valence-corrected chi connectivity index (χ4v) is 5.43. The largest absolute Gasteiger partial charge is 0.478 e. The van der Waals surface area contributed by atoms with Crippen LogP contribution in [-0.2, 0) is 17.2 Å². The lowest BCUT2D eigenvalue weighted by atomic mass is 9.78. The first kappa shape index (κ1) is 29.8. The number of fused-ring (bicyclic) bond motifs is 1. The van der Waals surface area contributed by atoms with E-state index < -0.39 is 29.8 Å². The van der Waals surface area contributed by atoms with E-state index in [0.717, 1.165) is 49.5 Å². The van der Waals surface area contributed by atoms with E-state index >= 15 is 8.78 Å². The number of aryl methyl sites for hydroxylation is 1. The van der Waals surface area contributed by atoms with E-state index in [9.17, 15) is 8.78 Å². The van der Waals surface area contributed by atoms with E-state index in [2.05, 4.69) is 16.9 Å². The Kier molecular flexibility index (Phi) is 11.1. The maximum Gasteiger partial charge on any atom is 0.288 e. The average Bonchev–Trinajstić information content (AvgIpc) is 3.72. The molecule has 4 rings (SSSR count). The number of aliphatic imine (C=N–C) groups is 1. The van der Waals surface area contributed by atoms with E-state index in [4.69, 9.17) is 9.57 Å². The molecule has 0 aromatic carbocycles. The SMILES string of the molecule is CCCCCCCCOc1cc2c(c(F)n1)C(F)(F)C(C1=NC(F)N(OCCCCCCC3CC3)C=C1)CC2. The molecule has 0 amide bonds. The number of hydrogen-bond acceptors (Lipinski definition) is 5. The van der Waals surface area contributed by atoms with Gasteiger partial charge in [-0.25, -0.2) is 18.8 Å². The van der Waals surface area contributed by atoms with Gasteiger partial charge in [0.2, 0.25) is 11.8 Å². The summed E-state index contributed by atoms with van der Waals surface area (Å²) in [6.45, 7) is 2.87. The van der Waals surface area contributed by atoms with Crippen LogP contribution < -0.4 is 4.74 Å². The van der Waals surface area contributed by atoms with Crippen LogP contribution in [0.2, 0.25) is 0 Å². The molecule has 2 unspecified atom stereocenters. The first-order valence-electron chi connectivity index (χ1n) is 14.9. The van der Waals surface area contributed by atoms with Crippen LogP contribution in [0, 0.1) is 17.8 Å². The van der Waals surface area contributed by atoms with E-state index in [1.165, 1.54) is 63.3 Å². The Labute approximate surface area is 230 Å². The summed E-state index contributed by atoms with van der Waals surface area (Å²) in [5, 5.41) is 0.957. The van der Waals surface area contributed by atoms with Crippen molar-refractivity contribution in [2.75, 3.05) is 13.2 Å². The Morgan fingerprint density at radius 2 is 1.69 bits per heavy atom. The molecule has 39 heavy (non-hydrogen) atoms. The molecule has 2 atom stereocenters. The summed E-state index contributed by atoms with van der Waals surface area (Å²) in [7, 11) is 0. The molecule has 218 valence electrons. The molecular weight excluding hydrogens is 510 g/mol. The maximum atomic E-state index is 15.5. The first-order valence-corrected chi connectivity index (χ1v) is 14.9. The number of nitrogens with zero attached hydrogens (tertiary/aromatic N) is 3. The molecule has 5 nitrogen and oxygen atoms in total. The number of rotatable bonds is 17. The zero-order valence-electron chi connectivity index (χ0n) is 23.2. The Morgan fingerprint density at radius 3 is 2.44 bits per heavy atom. The molecule has 0 bridgehead atoms. The van der Waals surface area contributed by atoms with E-state index in [1.807, 2.05) is 0 Å². The topological polar surface area (TPSA) is 47.0 Å². The van der Waals surface area contributed by atoms with E-state index in [1.54, 1.807) is 0 Å². The van der Waals surface area contributed by atoms with Gasteiger partial charge in [0.25, 0.3) is 12.3 Å². The molecule has 1 aromatic heterocycles. The Morgan fingerprint density at radius 1 is 0.974 bits per heavy atom. The molecule has 1 fully saturated rings. The van der Waals surface area contributed by atoms with Crippen LogP contribution in [0.4, 0.5) is 17.6 Å². The van der Waals surface area contributed by atoms with Crippen molar-refractivity contribution in [2.24, 2.45) is 16.8 Å². The number of pyridine rings is 1. The van der Waals surface area contributed by atoms with Gasteiger partial charge < -0.3 is 4.74 Å². The van der Waals surface area contributed by atoms with Crippen LogP contribution in [0.1, 0.15) is 108 Å². The Balaban J connectivity index is 1.26. The summed E-state index contributed by atoms with van der Waals surface area (Å²) in [5.41, 5.74) is -0.653. The highest BCUT2D eigenvalue weighted by atomic mass is 19.3. The molecule has 1 aliphatic heterocycles. The second-order valence-corrected chi connectivity index (χ2v) is 11.1. The van der Waals surface area contributed by atoms with Crippen molar-refractivity contribution in [1.82, 2.24) is 10.0 Å². The monoisotopic (exact) mass is 553 g/mol. The Hall–Kier alpha value is -2.16. The number of allylic oxidation sites excluding steroid dienone is 1. The highest BCUT2D eigenvalue weighted by Crippen LogP contribution is 2.47. The van der Waals surface area contributed by atoms with Gasteiger partial charge in [-0.3, -0.25) is 4.84 Å². The van der Waals surface area contributed by atoms with Crippen molar-refractivity contribution in [3.63, 3.8) is 0 Å². The minimum absolute atomic E-state index is 0.0118. The van der Waals surface area contributed by atoms with Gasteiger partial charge in [-0.2, -0.15) is 13.8 Å². The smallest absolute Gasteiger partial charge is 0.288 e. The minimum Gasteiger partial charge on any atom is -0.478 e. The van der Waals surface area contributed by atoms with E-state index in [0.29, 0.717) is 13.2 Å². The van der Waals surface area contributed by atoms with Crippen LogP contribution in [0.25, 0.3) is 0 Å². The number of hydroxylamine groups is 2. The third-order valence-electron chi connectivity index (χ3n) is 7.91. The third kappa shape index (κ3) is 8.41. The molecule has 3 aliphatic rings. The predicted octanol–water partition coefficient (Wildman–Crippen LogP) is 8.43. The number of hydrogen-bond donors (Lipinski definition) is 0. The van der Waals surface area contributed by atoms with Crippen LogP contribution in [0.15, 0.2) is 23.3 Å². The van der Waals surface area contributed by atoms with Crippen molar-refractivity contribution < 1.29 is 27.1 Å². The summed E-state index contributed by atoms with van der Waals surface area (Å²) in [6, 6.07) is 1.41. The van der Waals surface area contributed by atoms with Crippen LogP contribution >= 0.6 is 0 Å². The quantitative estimate of drug-likeness (QED) is 0.0841. The van der Waals surface area contributed by atoms with Crippen LogP contribution in [0.5, 0.6) is 5.88 Å². The van der Waals surface area contributed by atoms with Crippen molar-refractivity contribution in [3.8, 4) is 5.88 Å². The summed E-state index contributed by atoms with van der Waals surface area (Å²) in [5.74, 6) is -5.29. The number of halogens is 4. The van der Waals surface area contributed by atoms with E-state index in [-0.39, 0.29) is 30.0 Å². The summed E-state index contributed by atoms with van der Waals surface area (Å²) >= 11 is 0. The lowest BCUT2D eigenvalue weighted by molar-refractivity contribution is -0.180. The first-order chi connectivity index (χ1) is 18.9. The summed E-state index contributed by atoms with van der Waals surface area (Å²) in [6.07, 6.45) is 15.6. The highest BCUT2D eigenvalue weighted by Gasteiger charge is 2.50. The fourth-order valence-electron chi connectivity index (χ4n) is 5.43. The number of ether oxygens (including phenoxy) is 1. The third-order valence-corrected chi connectivity index (χ3v) is 7.91. The minimum atomic E-state index is -3.57. The molecule has 0 N–H and O–H groups in total. The number of unbranched alkanes of at least 4 members (excludes halogenated alkanes) is 8. The predicted molar refractivity (Wildman–Crippen MR) is 144 cm³/mol. The van der Waals surface area contributed by atoms with Gasteiger partial charge in [-0.15, -0.1) is 0 Å². The second-order valence-electron chi connectivity index (χ2n) is 11.1. The molecule has 1 aromatic rings. The summed E-state index contributed by atoms with van der Waals surface area (Å²) in [4.78, 5) is 13.0. The molecule has 1 saturated carbocycles. The van der Waals surface area contributed by atoms with Gasteiger partial charge in [0.1, 0.15) is 0 Å². The normalized spacial score (nSPS) is 22.1. The van der Waals surface area contributed by atoms with Crippen LogP contribution in [-0.4, -0.2) is 35.4 Å². The zero-order valence-corrected chi connectivity index (χ0v) is 23.2. The van der Waals surface area contributed by atoms with Crippen LogP contribution in [0.3, 0.4) is 0 Å². The van der Waals surface area contributed by atoms with Gasteiger partial charge >= 0.3 is 0 Å². The molecule has 0 saturated heterocycles. The van der Waals surface area contributed by atoms with Crippen molar-refractivity contribution in [1.29, 1.82) is 0 Å². The lowest BCUT2D eigenvalue weighted by Crippen LogP contribution is -2.40. The van der Waals surface area contributed by atoms with Gasteiger partial charge in [-0.1, -0.05) is 77.6 Å². The number of alkyl halides is 3. The molecule has 0 radical (unpaired) electrons. The van der Waals surface area contributed by atoms with Gasteiger partial charge in [-0.05, 0) is 43.2 Å². The average molecular weight is 554 g/mol. The molecule has 0 spiro atoms. The number of aromatic nitrogens is 1. The van der Waals surface area contributed by atoms with Gasteiger partial charge in [0, 0.05) is 12.3 Å². The fraction of sp³-hybridized carbons (Fsp3) is 0.733. The highest BCUT2D eigenvalue weighted by molar-refractivity contribution is 5.98.